The number of rotatable bonds is 7. The molecule has 1 spiro atoms. The topological polar surface area (TPSA) is 3.24 Å². The number of benzene rings is 10. The zero-order valence-corrected chi connectivity index (χ0v) is 37.7. The average Bonchev–Trinajstić information content (AvgIpc) is 3.69. The number of hydrogen-bond acceptors (Lipinski definition) is 1. The lowest BCUT2D eigenvalue weighted by atomic mass is 9.43. The fraction of sp³-hybridized carbons (Fsp3) is 0.152. The van der Waals surface area contributed by atoms with E-state index in [0.717, 1.165) is 17.5 Å². The predicted molar refractivity (Wildman–Crippen MR) is 281 cm³/mol. The third-order valence-electron chi connectivity index (χ3n) is 16.7. The van der Waals surface area contributed by atoms with Crippen molar-refractivity contribution in [3.05, 3.63) is 236 Å². The van der Waals surface area contributed by atoms with Crippen LogP contribution < -0.4 is 4.90 Å². The second kappa shape index (κ2) is 15.3. The maximum absolute atomic E-state index is 2.61. The van der Waals surface area contributed by atoms with Crippen LogP contribution in [-0.2, 0) is 5.41 Å². The number of hydrogen-bond donors (Lipinski definition) is 0. The van der Waals surface area contributed by atoms with Gasteiger partial charge in [0.1, 0.15) is 0 Å². The van der Waals surface area contributed by atoms with Crippen LogP contribution in [0.25, 0.3) is 77.2 Å². The second-order valence-corrected chi connectivity index (χ2v) is 20.0. The van der Waals surface area contributed by atoms with Gasteiger partial charge in [-0.25, -0.2) is 0 Å². The highest BCUT2D eigenvalue weighted by Gasteiger charge is 2.62. The molecule has 1 heteroatoms. The molecule has 5 aliphatic carbocycles. The zero-order valence-electron chi connectivity index (χ0n) is 37.7. The molecular formula is C66H51N. The molecule has 320 valence electrons. The summed E-state index contributed by atoms with van der Waals surface area (Å²) in [5.74, 6) is 3.17. The third kappa shape index (κ3) is 5.93. The SMILES string of the molecule is c1ccc(-c2ccccc2-c2ccccc2-c2ccccc2N(c2ccc(-c3ccc4c(ccc5ccccc54)c3)cc2)c2cccc3c2-c2ccccc2C32C3CC4CC(C3)CC2C4)cc1. The first-order valence-corrected chi connectivity index (χ1v) is 24.6. The van der Waals surface area contributed by atoms with Crippen molar-refractivity contribution in [2.75, 3.05) is 4.90 Å². The maximum Gasteiger partial charge on any atom is 0.0543 e. The van der Waals surface area contributed by atoms with Crippen molar-refractivity contribution in [3.63, 3.8) is 0 Å². The highest BCUT2D eigenvalue weighted by molar-refractivity contribution is 6.08. The summed E-state index contributed by atoms with van der Waals surface area (Å²) in [4.78, 5) is 2.61. The molecule has 0 aliphatic heterocycles. The van der Waals surface area contributed by atoms with Gasteiger partial charge in [0.05, 0.1) is 11.4 Å². The van der Waals surface area contributed by atoms with Crippen molar-refractivity contribution in [1.82, 2.24) is 0 Å². The van der Waals surface area contributed by atoms with Gasteiger partial charge in [-0.05, 0) is 163 Å². The average molecular weight is 858 g/mol. The van der Waals surface area contributed by atoms with Gasteiger partial charge in [0, 0.05) is 22.2 Å². The Morgan fingerprint density at radius 3 is 1.63 bits per heavy atom. The molecule has 67 heavy (non-hydrogen) atoms. The molecule has 0 aromatic heterocycles. The maximum atomic E-state index is 2.61. The summed E-state index contributed by atoms with van der Waals surface area (Å²) in [6.07, 6.45) is 6.92. The molecule has 15 rings (SSSR count). The van der Waals surface area contributed by atoms with E-state index in [9.17, 15) is 0 Å². The van der Waals surface area contributed by atoms with Gasteiger partial charge in [0.15, 0.2) is 0 Å². The Morgan fingerprint density at radius 1 is 0.328 bits per heavy atom. The van der Waals surface area contributed by atoms with Crippen LogP contribution >= 0.6 is 0 Å². The third-order valence-corrected chi connectivity index (χ3v) is 16.7. The number of anilines is 3. The van der Waals surface area contributed by atoms with E-state index < -0.39 is 0 Å². The van der Waals surface area contributed by atoms with E-state index in [1.807, 2.05) is 0 Å². The van der Waals surface area contributed by atoms with Crippen LogP contribution in [0, 0.1) is 23.7 Å². The van der Waals surface area contributed by atoms with Crippen molar-refractivity contribution in [3.8, 4) is 55.6 Å². The molecule has 10 aromatic rings. The van der Waals surface area contributed by atoms with Gasteiger partial charge in [-0.2, -0.15) is 0 Å². The van der Waals surface area contributed by atoms with Crippen LogP contribution in [0.1, 0.15) is 43.2 Å². The molecule has 4 saturated carbocycles. The fourth-order valence-electron chi connectivity index (χ4n) is 14.2. The zero-order chi connectivity index (χ0) is 44.1. The van der Waals surface area contributed by atoms with Gasteiger partial charge in [-0.15, -0.1) is 0 Å². The number of nitrogens with zero attached hydrogens (tertiary/aromatic N) is 1. The summed E-state index contributed by atoms with van der Waals surface area (Å²) in [7, 11) is 0. The minimum Gasteiger partial charge on any atom is -0.309 e. The Bertz CT molecular complexity index is 3510. The molecule has 0 N–H and O–H groups in total. The van der Waals surface area contributed by atoms with E-state index in [4.69, 9.17) is 0 Å². The summed E-state index contributed by atoms with van der Waals surface area (Å²) < 4.78 is 0. The van der Waals surface area contributed by atoms with E-state index >= 15 is 0 Å². The van der Waals surface area contributed by atoms with Crippen molar-refractivity contribution in [2.24, 2.45) is 23.7 Å². The van der Waals surface area contributed by atoms with Crippen molar-refractivity contribution >= 4 is 38.6 Å². The Balaban J connectivity index is 0.972. The summed E-state index contributed by atoms with van der Waals surface area (Å²) in [6.45, 7) is 0. The van der Waals surface area contributed by atoms with Crippen LogP contribution in [0.4, 0.5) is 17.1 Å². The molecule has 5 aliphatic rings. The lowest BCUT2D eigenvalue weighted by Gasteiger charge is -2.61. The first-order valence-electron chi connectivity index (χ1n) is 24.6. The van der Waals surface area contributed by atoms with Crippen molar-refractivity contribution in [2.45, 2.75) is 37.5 Å². The van der Waals surface area contributed by atoms with E-state index in [2.05, 4.69) is 229 Å². The molecule has 0 heterocycles. The monoisotopic (exact) mass is 857 g/mol. The summed E-state index contributed by atoms with van der Waals surface area (Å²) in [6, 6.07) is 84.5. The highest BCUT2D eigenvalue weighted by Crippen LogP contribution is 2.70. The molecule has 0 saturated heterocycles. The van der Waals surface area contributed by atoms with Gasteiger partial charge in [-0.3, -0.25) is 0 Å². The standard InChI is InChI=1S/C66H51N/c1-2-15-46(16-3-1)54-19-6-7-20-56(54)57-21-8-9-22-58(57)59-23-11-13-27-63(59)67(52-34-31-45(32-35-52)48-33-36-55-49(42-48)30-29-47-17-4-5-18-53(47)55)64-28-14-26-62-65(64)60-24-10-12-25-61(60)66(62)50-38-43-37-44(40-50)41-51(66)39-43/h1-36,42-44,50-51H,37-41H2. The Kier molecular flexibility index (Phi) is 8.85. The number of para-hydroxylation sites is 1. The van der Waals surface area contributed by atoms with Crippen LogP contribution in [0.15, 0.2) is 224 Å². The minimum absolute atomic E-state index is 0.0690. The molecule has 1 nitrogen and oxygen atoms in total. The van der Waals surface area contributed by atoms with Gasteiger partial charge >= 0.3 is 0 Å². The van der Waals surface area contributed by atoms with Crippen molar-refractivity contribution < 1.29 is 0 Å². The van der Waals surface area contributed by atoms with E-state index in [0.29, 0.717) is 11.8 Å². The smallest absolute Gasteiger partial charge is 0.0543 e. The lowest BCUT2D eigenvalue weighted by Crippen LogP contribution is -2.55. The van der Waals surface area contributed by atoms with Gasteiger partial charge < -0.3 is 4.90 Å². The Morgan fingerprint density at radius 2 is 0.866 bits per heavy atom. The number of fused-ring (bicyclic) bond motifs is 6. The Hall–Kier alpha value is -7.48. The fourth-order valence-corrected chi connectivity index (χ4v) is 14.2. The molecule has 4 bridgehead atoms. The molecular weight excluding hydrogens is 807 g/mol. The van der Waals surface area contributed by atoms with Gasteiger partial charge in [-0.1, -0.05) is 194 Å². The Labute approximate surface area is 394 Å². The quantitative estimate of drug-likeness (QED) is 0.144. The normalized spacial score (nSPS) is 20.9. The van der Waals surface area contributed by atoms with Gasteiger partial charge in [0.2, 0.25) is 0 Å². The van der Waals surface area contributed by atoms with Crippen LogP contribution in [-0.4, -0.2) is 0 Å². The highest BCUT2D eigenvalue weighted by atomic mass is 15.1. The van der Waals surface area contributed by atoms with Crippen molar-refractivity contribution in [1.29, 1.82) is 0 Å². The molecule has 4 fully saturated rings. The molecule has 0 amide bonds. The molecule has 0 atom stereocenters. The first-order chi connectivity index (χ1) is 33.2. The van der Waals surface area contributed by atoms with E-state index in [1.54, 1.807) is 11.1 Å². The minimum atomic E-state index is 0.0690. The largest absolute Gasteiger partial charge is 0.309 e. The summed E-state index contributed by atoms with van der Waals surface area (Å²) in [5, 5.41) is 5.14. The summed E-state index contributed by atoms with van der Waals surface area (Å²) in [5.41, 5.74) is 19.5. The molecule has 0 radical (unpaired) electrons. The van der Waals surface area contributed by atoms with Crippen LogP contribution in [0.5, 0.6) is 0 Å². The van der Waals surface area contributed by atoms with Crippen LogP contribution in [0.2, 0.25) is 0 Å². The first kappa shape index (κ1) is 38.8. The van der Waals surface area contributed by atoms with Gasteiger partial charge in [0.25, 0.3) is 0 Å². The molecule has 0 unspecified atom stereocenters. The second-order valence-electron chi connectivity index (χ2n) is 20.0. The van der Waals surface area contributed by atoms with E-state index in [-0.39, 0.29) is 5.41 Å². The predicted octanol–water partition coefficient (Wildman–Crippen LogP) is 17.9. The van der Waals surface area contributed by atoms with E-state index in [1.165, 1.54) is 121 Å². The summed E-state index contributed by atoms with van der Waals surface area (Å²) >= 11 is 0. The van der Waals surface area contributed by atoms with Crippen LogP contribution in [0.3, 0.4) is 0 Å². The molecule has 10 aromatic carbocycles. The lowest BCUT2D eigenvalue weighted by molar-refractivity contribution is -0.0399.